The first-order valence-electron chi connectivity index (χ1n) is 6.34. The Morgan fingerprint density at radius 3 is 2.22 bits per heavy atom. The zero-order valence-corrected chi connectivity index (χ0v) is 13.2. The van der Waals surface area contributed by atoms with Crippen LogP contribution in [-0.4, -0.2) is 0 Å². The molecule has 0 radical (unpaired) electrons. The number of nitrogen functional groups attached to an aromatic ring is 1. The average molecular weight is 263 g/mol. The van der Waals surface area contributed by atoms with Crippen LogP contribution in [0.15, 0.2) is 34.6 Å². The van der Waals surface area contributed by atoms with Gasteiger partial charge in [-0.1, -0.05) is 52.5 Å². The molecule has 0 heterocycles. The summed E-state index contributed by atoms with van der Waals surface area (Å²) in [5, 5.41) is 2.20. The van der Waals surface area contributed by atoms with Gasteiger partial charge < -0.3 is 5.73 Å². The van der Waals surface area contributed by atoms with Gasteiger partial charge in [0, 0.05) is 10.6 Å². The Morgan fingerprint density at radius 1 is 1.11 bits per heavy atom. The number of thioether (sulfide) groups is 1. The van der Waals surface area contributed by atoms with E-state index in [-0.39, 0.29) is 10.8 Å². The quantitative estimate of drug-likeness (QED) is 0.595. The molecule has 0 aromatic heterocycles. The molecule has 0 saturated carbocycles. The molecule has 0 fully saturated rings. The first-order chi connectivity index (χ1) is 8.13. The Kier molecular flexibility index (Phi) is 4.55. The molecular formula is C16H25NS. The van der Waals surface area contributed by atoms with Crippen molar-refractivity contribution in [2.75, 3.05) is 5.73 Å². The number of hydrogen-bond donors (Lipinski definition) is 1. The molecule has 0 atom stereocenters. The number of rotatable bonds is 3. The van der Waals surface area contributed by atoms with Crippen LogP contribution in [-0.2, 0) is 0 Å². The van der Waals surface area contributed by atoms with E-state index in [9.17, 15) is 0 Å². The molecule has 18 heavy (non-hydrogen) atoms. The van der Waals surface area contributed by atoms with E-state index in [1.165, 1.54) is 10.5 Å². The molecule has 2 heteroatoms. The van der Waals surface area contributed by atoms with Crippen LogP contribution in [0.5, 0.6) is 0 Å². The molecule has 0 saturated heterocycles. The highest BCUT2D eigenvalue weighted by Gasteiger charge is 2.29. The van der Waals surface area contributed by atoms with Gasteiger partial charge in [0.25, 0.3) is 0 Å². The molecule has 0 amide bonds. The van der Waals surface area contributed by atoms with Crippen molar-refractivity contribution in [2.24, 2.45) is 10.8 Å². The third-order valence-corrected chi connectivity index (χ3v) is 4.80. The van der Waals surface area contributed by atoms with E-state index in [1.54, 1.807) is 11.8 Å². The van der Waals surface area contributed by atoms with Crippen molar-refractivity contribution < 1.29 is 0 Å². The molecular weight excluding hydrogens is 238 g/mol. The molecule has 0 aliphatic carbocycles. The molecule has 0 bridgehead atoms. The molecule has 2 N–H and O–H groups in total. The zero-order chi connectivity index (χ0) is 14.0. The molecule has 0 spiro atoms. The van der Waals surface area contributed by atoms with E-state index < -0.39 is 0 Å². The number of hydrogen-bond acceptors (Lipinski definition) is 2. The van der Waals surface area contributed by atoms with Crippen LogP contribution in [0.2, 0.25) is 0 Å². The van der Waals surface area contributed by atoms with Crippen LogP contribution in [0.25, 0.3) is 0 Å². The van der Waals surface area contributed by atoms with Gasteiger partial charge in [-0.15, -0.1) is 0 Å². The summed E-state index contributed by atoms with van der Waals surface area (Å²) < 4.78 is 0. The molecule has 1 nitrogen and oxygen atoms in total. The van der Waals surface area contributed by atoms with Crippen LogP contribution in [0.3, 0.4) is 0 Å². The Morgan fingerprint density at radius 2 is 1.72 bits per heavy atom. The SMILES string of the molecule is Cc1cc(N)ccc1S/C=C\C(C)(C)C(C)(C)C. The number of allylic oxidation sites excluding steroid dienone is 1. The molecule has 0 aliphatic rings. The predicted molar refractivity (Wildman–Crippen MR) is 83.8 cm³/mol. The molecule has 0 aliphatic heterocycles. The third kappa shape index (κ3) is 3.81. The minimum absolute atomic E-state index is 0.182. The maximum atomic E-state index is 5.76. The van der Waals surface area contributed by atoms with E-state index >= 15 is 0 Å². The number of nitrogens with two attached hydrogens (primary N) is 1. The summed E-state index contributed by atoms with van der Waals surface area (Å²) in [6.45, 7) is 13.5. The Balaban J connectivity index is 2.77. The maximum absolute atomic E-state index is 5.76. The van der Waals surface area contributed by atoms with Gasteiger partial charge in [0.05, 0.1) is 0 Å². The lowest BCUT2D eigenvalue weighted by molar-refractivity contribution is 0.193. The third-order valence-electron chi connectivity index (χ3n) is 3.81. The minimum atomic E-state index is 0.182. The van der Waals surface area contributed by atoms with Crippen molar-refractivity contribution in [3.63, 3.8) is 0 Å². The largest absolute Gasteiger partial charge is 0.399 e. The van der Waals surface area contributed by atoms with Gasteiger partial charge in [0.1, 0.15) is 0 Å². The second kappa shape index (κ2) is 5.40. The van der Waals surface area contributed by atoms with Gasteiger partial charge in [0.15, 0.2) is 0 Å². The fourth-order valence-corrected chi connectivity index (χ4v) is 2.28. The summed E-state index contributed by atoms with van der Waals surface area (Å²) >= 11 is 1.76. The van der Waals surface area contributed by atoms with E-state index in [1.807, 2.05) is 12.1 Å². The lowest BCUT2D eigenvalue weighted by Gasteiger charge is -2.36. The van der Waals surface area contributed by atoms with Gasteiger partial charge in [-0.2, -0.15) is 0 Å². The van der Waals surface area contributed by atoms with Crippen molar-refractivity contribution in [3.05, 3.63) is 35.2 Å². The highest BCUT2D eigenvalue weighted by Crippen LogP contribution is 2.40. The molecule has 1 aromatic rings. The monoisotopic (exact) mass is 263 g/mol. The lowest BCUT2D eigenvalue weighted by atomic mass is 9.69. The number of benzene rings is 1. The second-order valence-electron chi connectivity index (χ2n) is 6.42. The maximum Gasteiger partial charge on any atom is 0.0317 e. The second-order valence-corrected chi connectivity index (χ2v) is 7.36. The van der Waals surface area contributed by atoms with Crippen molar-refractivity contribution in [1.29, 1.82) is 0 Å². The fraction of sp³-hybridized carbons (Fsp3) is 0.500. The standard InChI is InChI=1S/C16H25NS/c1-12-11-13(17)7-8-14(12)18-10-9-16(5,6)15(2,3)4/h7-11H,17H2,1-6H3/b10-9-. The van der Waals surface area contributed by atoms with E-state index in [0.29, 0.717) is 0 Å². The van der Waals surface area contributed by atoms with Crippen molar-refractivity contribution in [2.45, 2.75) is 46.4 Å². The summed E-state index contributed by atoms with van der Waals surface area (Å²) in [5.41, 5.74) is 8.27. The fourth-order valence-electron chi connectivity index (χ4n) is 1.33. The lowest BCUT2D eigenvalue weighted by Crippen LogP contribution is -2.27. The van der Waals surface area contributed by atoms with E-state index in [4.69, 9.17) is 5.73 Å². The summed E-state index contributed by atoms with van der Waals surface area (Å²) in [6, 6.07) is 6.06. The topological polar surface area (TPSA) is 26.0 Å². The summed E-state index contributed by atoms with van der Waals surface area (Å²) in [6.07, 6.45) is 2.30. The van der Waals surface area contributed by atoms with Crippen LogP contribution in [0.4, 0.5) is 5.69 Å². The van der Waals surface area contributed by atoms with Crippen molar-refractivity contribution in [3.8, 4) is 0 Å². The van der Waals surface area contributed by atoms with Crippen molar-refractivity contribution in [1.82, 2.24) is 0 Å². The van der Waals surface area contributed by atoms with Gasteiger partial charge in [0.2, 0.25) is 0 Å². The van der Waals surface area contributed by atoms with Crippen LogP contribution < -0.4 is 5.73 Å². The average Bonchev–Trinajstić information content (AvgIpc) is 2.19. The molecule has 1 rings (SSSR count). The molecule has 1 aromatic carbocycles. The highest BCUT2D eigenvalue weighted by molar-refractivity contribution is 8.02. The Labute approximate surface area is 116 Å². The summed E-state index contributed by atoms with van der Waals surface area (Å²) in [5.74, 6) is 0. The summed E-state index contributed by atoms with van der Waals surface area (Å²) in [4.78, 5) is 1.27. The normalized spacial score (nSPS) is 13.2. The summed E-state index contributed by atoms with van der Waals surface area (Å²) in [7, 11) is 0. The van der Waals surface area contributed by atoms with Gasteiger partial charge in [-0.05, 0) is 46.9 Å². The smallest absolute Gasteiger partial charge is 0.0317 e. The molecule has 100 valence electrons. The number of aryl methyl sites for hydroxylation is 1. The predicted octanol–water partition coefficient (Wildman–Crippen LogP) is 5.26. The van der Waals surface area contributed by atoms with Crippen LogP contribution in [0, 0.1) is 17.8 Å². The van der Waals surface area contributed by atoms with E-state index in [0.717, 1.165) is 5.69 Å². The zero-order valence-electron chi connectivity index (χ0n) is 12.4. The van der Waals surface area contributed by atoms with Gasteiger partial charge in [-0.3, -0.25) is 0 Å². The van der Waals surface area contributed by atoms with Gasteiger partial charge >= 0.3 is 0 Å². The Bertz CT molecular complexity index is 439. The van der Waals surface area contributed by atoms with Crippen molar-refractivity contribution >= 4 is 17.4 Å². The molecule has 0 unspecified atom stereocenters. The number of anilines is 1. The van der Waals surface area contributed by atoms with Crippen LogP contribution >= 0.6 is 11.8 Å². The first kappa shape index (κ1) is 15.2. The minimum Gasteiger partial charge on any atom is -0.399 e. The van der Waals surface area contributed by atoms with E-state index in [2.05, 4.69) is 59.1 Å². The first-order valence-corrected chi connectivity index (χ1v) is 7.22. The highest BCUT2D eigenvalue weighted by atomic mass is 32.2. The van der Waals surface area contributed by atoms with Crippen LogP contribution in [0.1, 0.15) is 40.2 Å². The Hall–Kier alpha value is -0.890. The van der Waals surface area contributed by atoms with Gasteiger partial charge in [-0.25, -0.2) is 0 Å².